The standard InChI is InChI=1S/C24H30N2O/c1-23(2)16-20(17-24(3,4)26-23)25-21(18-11-7-5-8-12-18)15-22(27)19-13-9-6-10-14-19/h5-15,20,25-26H,16-17H2,1-4H3/b21-15+. The molecule has 0 atom stereocenters. The zero-order chi connectivity index (χ0) is 19.5. The van der Waals surface area contributed by atoms with Crippen LogP contribution in [-0.4, -0.2) is 22.9 Å². The van der Waals surface area contributed by atoms with Crippen molar-refractivity contribution < 1.29 is 4.79 Å². The second-order valence-electron chi connectivity index (χ2n) is 8.80. The third-order valence-electron chi connectivity index (χ3n) is 4.97. The smallest absolute Gasteiger partial charge is 0.187 e. The number of carbonyl (C=O) groups is 1. The van der Waals surface area contributed by atoms with Crippen molar-refractivity contribution in [2.24, 2.45) is 0 Å². The number of benzene rings is 2. The summed E-state index contributed by atoms with van der Waals surface area (Å²) >= 11 is 0. The Morgan fingerprint density at radius 2 is 1.37 bits per heavy atom. The van der Waals surface area contributed by atoms with E-state index in [9.17, 15) is 4.79 Å². The lowest BCUT2D eigenvalue weighted by Crippen LogP contribution is -2.61. The Balaban J connectivity index is 1.89. The van der Waals surface area contributed by atoms with Gasteiger partial charge in [-0.15, -0.1) is 0 Å². The summed E-state index contributed by atoms with van der Waals surface area (Å²) < 4.78 is 0. The van der Waals surface area contributed by atoms with Gasteiger partial charge in [0.05, 0.1) is 0 Å². The molecule has 3 heteroatoms. The average molecular weight is 363 g/mol. The van der Waals surface area contributed by atoms with Crippen molar-refractivity contribution in [3.05, 3.63) is 77.9 Å². The lowest BCUT2D eigenvalue weighted by molar-refractivity contribution is 0.104. The number of carbonyl (C=O) groups excluding carboxylic acids is 1. The van der Waals surface area contributed by atoms with Gasteiger partial charge in [-0.1, -0.05) is 60.7 Å². The van der Waals surface area contributed by atoms with Gasteiger partial charge in [0.15, 0.2) is 5.78 Å². The van der Waals surface area contributed by atoms with Gasteiger partial charge < -0.3 is 10.6 Å². The van der Waals surface area contributed by atoms with Crippen LogP contribution in [0.15, 0.2) is 66.7 Å². The summed E-state index contributed by atoms with van der Waals surface area (Å²) in [6.07, 6.45) is 3.74. The van der Waals surface area contributed by atoms with Crippen LogP contribution in [0.25, 0.3) is 5.70 Å². The summed E-state index contributed by atoms with van der Waals surface area (Å²) in [5.41, 5.74) is 2.73. The molecule has 0 amide bonds. The van der Waals surface area contributed by atoms with Crippen molar-refractivity contribution >= 4 is 11.5 Å². The molecule has 1 aliphatic rings. The first-order chi connectivity index (χ1) is 12.7. The molecule has 1 aliphatic heterocycles. The molecule has 0 saturated carbocycles. The van der Waals surface area contributed by atoms with Gasteiger partial charge >= 0.3 is 0 Å². The Bertz CT molecular complexity index is 791. The molecule has 0 aromatic heterocycles. The minimum absolute atomic E-state index is 0.0226. The van der Waals surface area contributed by atoms with E-state index < -0.39 is 0 Å². The Kier molecular flexibility index (Phi) is 5.52. The molecule has 3 nitrogen and oxygen atoms in total. The highest BCUT2D eigenvalue weighted by atomic mass is 16.1. The summed E-state index contributed by atoms with van der Waals surface area (Å²) in [5.74, 6) is 0.0226. The fourth-order valence-corrected chi connectivity index (χ4v) is 4.29. The maximum atomic E-state index is 12.8. The maximum absolute atomic E-state index is 12.8. The minimum Gasteiger partial charge on any atom is -0.382 e. The van der Waals surface area contributed by atoms with E-state index in [1.165, 1.54) is 0 Å². The van der Waals surface area contributed by atoms with Gasteiger partial charge in [0.1, 0.15) is 0 Å². The van der Waals surface area contributed by atoms with E-state index in [1.807, 2.05) is 48.5 Å². The highest BCUT2D eigenvalue weighted by Gasteiger charge is 2.37. The minimum atomic E-state index is 0.0226. The zero-order valence-electron chi connectivity index (χ0n) is 16.8. The van der Waals surface area contributed by atoms with Crippen LogP contribution in [0.1, 0.15) is 56.5 Å². The number of allylic oxidation sites excluding steroid dienone is 1. The fourth-order valence-electron chi connectivity index (χ4n) is 4.29. The van der Waals surface area contributed by atoms with Gasteiger partial charge in [0.25, 0.3) is 0 Å². The number of ketones is 1. The molecule has 0 unspecified atom stereocenters. The lowest BCUT2D eigenvalue weighted by Gasteiger charge is -2.47. The van der Waals surface area contributed by atoms with E-state index >= 15 is 0 Å². The molecule has 0 aliphatic carbocycles. The topological polar surface area (TPSA) is 41.1 Å². The predicted molar refractivity (Wildman–Crippen MR) is 113 cm³/mol. The number of hydrogen-bond donors (Lipinski definition) is 2. The van der Waals surface area contributed by atoms with Crippen molar-refractivity contribution in [3.8, 4) is 0 Å². The van der Waals surface area contributed by atoms with Crippen LogP contribution in [0.4, 0.5) is 0 Å². The van der Waals surface area contributed by atoms with E-state index in [-0.39, 0.29) is 16.9 Å². The number of nitrogens with one attached hydrogen (secondary N) is 2. The Hall–Kier alpha value is -2.39. The summed E-state index contributed by atoms with van der Waals surface area (Å²) in [5, 5.41) is 7.40. The normalized spacial score (nSPS) is 19.5. The van der Waals surface area contributed by atoms with Gasteiger partial charge in [-0.2, -0.15) is 0 Å². The molecule has 1 heterocycles. The molecule has 2 aromatic rings. The van der Waals surface area contributed by atoms with Crippen LogP contribution < -0.4 is 10.6 Å². The van der Waals surface area contributed by atoms with Gasteiger partial charge in [-0.3, -0.25) is 4.79 Å². The molecule has 1 saturated heterocycles. The molecule has 0 spiro atoms. The molecule has 0 radical (unpaired) electrons. The molecule has 2 N–H and O–H groups in total. The Morgan fingerprint density at radius 1 is 0.889 bits per heavy atom. The Labute approximate surface area is 162 Å². The van der Waals surface area contributed by atoms with Gasteiger partial charge in [-0.05, 0) is 46.1 Å². The van der Waals surface area contributed by atoms with Crippen LogP contribution in [0.3, 0.4) is 0 Å². The van der Waals surface area contributed by atoms with Crippen molar-refractivity contribution in [1.82, 2.24) is 10.6 Å². The first kappa shape index (κ1) is 19.4. The first-order valence-electron chi connectivity index (χ1n) is 9.67. The van der Waals surface area contributed by atoms with Crippen molar-refractivity contribution in [1.29, 1.82) is 0 Å². The lowest BCUT2D eigenvalue weighted by atomic mass is 9.79. The van der Waals surface area contributed by atoms with Gasteiger partial charge in [-0.25, -0.2) is 0 Å². The third-order valence-corrected chi connectivity index (χ3v) is 4.97. The molecule has 0 bridgehead atoms. The van der Waals surface area contributed by atoms with E-state index in [1.54, 1.807) is 6.08 Å². The molecular formula is C24H30N2O. The molecule has 27 heavy (non-hydrogen) atoms. The predicted octanol–water partition coefficient (Wildman–Crippen LogP) is 4.81. The fraction of sp³-hybridized carbons (Fsp3) is 0.375. The second-order valence-corrected chi connectivity index (χ2v) is 8.80. The molecule has 142 valence electrons. The van der Waals surface area contributed by atoms with Gasteiger partial charge in [0.2, 0.25) is 0 Å². The first-order valence-corrected chi connectivity index (χ1v) is 9.67. The molecular weight excluding hydrogens is 332 g/mol. The average Bonchev–Trinajstić information content (AvgIpc) is 2.60. The Morgan fingerprint density at radius 3 is 1.89 bits per heavy atom. The number of rotatable bonds is 5. The summed E-state index contributed by atoms with van der Waals surface area (Å²) in [7, 11) is 0. The second kappa shape index (κ2) is 7.69. The number of hydrogen-bond acceptors (Lipinski definition) is 3. The molecule has 1 fully saturated rings. The van der Waals surface area contributed by atoms with E-state index in [0.29, 0.717) is 11.6 Å². The summed E-state index contributed by atoms with van der Waals surface area (Å²) in [4.78, 5) is 12.8. The van der Waals surface area contributed by atoms with Crippen LogP contribution in [-0.2, 0) is 0 Å². The number of piperidine rings is 1. The van der Waals surface area contributed by atoms with Gasteiger partial charge in [0, 0.05) is 34.5 Å². The van der Waals surface area contributed by atoms with Crippen molar-refractivity contribution in [3.63, 3.8) is 0 Å². The third kappa shape index (κ3) is 5.30. The SMILES string of the molecule is CC1(C)CC(N/C(=C/C(=O)c2ccccc2)c2ccccc2)CC(C)(C)N1. The van der Waals surface area contributed by atoms with E-state index in [2.05, 4.69) is 50.5 Å². The van der Waals surface area contributed by atoms with Crippen LogP contribution in [0.5, 0.6) is 0 Å². The van der Waals surface area contributed by atoms with Crippen LogP contribution >= 0.6 is 0 Å². The molecule has 3 rings (SSSR count). The highest BCUT2D eigenvalue weighted by Crippen LogP contribution is 2.30. The largest absolute Gasteiger partial charge is 0.382 e. The van der Waals surface area contributed by atoms with Crippen molar-refractivity contribution in [2.75, 3.05) is 0 Å². The maximum Gasteiger partial charge on any atom is 0.187 e. The quantitative estimate of drug-likeness (QED) is 0.592. The van der Waals surface area contributed by atoms with E-state index in [4.69, 9.17) is 0 Å². The summed E-state index contributed by atoms with van der Waals surface area (Å²) in [6, 6.07) is 19.9. The summed E-state index contributed by atoms with van der Waals surface area (Å²) in [6.45, 7) is 8.96. The molecule has 2 aromatic carbocycles. The monoisotopic (exact) mass is 362 g/mol. The van der Waals surface area contributed by atoms with Crippen LogP contribution in [0, 0.1) is 0 Å². The zero-order valence-corrected chi connectivity index (χ0v) is 16.8. The van der Waals surface area contributed by atoms with Crippen LogP contribution in [0.2, 0.25) is 0 Å². The highest BCUT2D eigenvalue weighted by molar-refractivity contribution is 6.08. The van der Waals surface area contributed by atoms with E-state index in [0.717, 1.165) is 24.1 Å². The van der Waals surface area contributed by atoms with Crippen molar-refractivity contribution in [2.45, 2.75) is 57.7 Å².